The van der Waals surface area contributed by atoms with Gasteiger partial charge >= 0.3 is 5.97 Å². The summed E-state index contributed by atoms with van der Waals surface area (Å²) in [6, 6.07) is 0. The lowest BCUT2D eigenvalue weighted by molar-refractivity contribution is -0.143. The highest BCUT2D eigenvalue weighted by Gasteiger charge is 2.14. The second kappa shape index (κ2) is 4.91. The van der Waals surface area contributed by atoms with Crippen molar-refractivity contribution in [1.82, 2.24) is 4.98 Å². The van der Waals surface area contributed by atoms with Crippen molar-refractivity contribution in [3.05, 3.63) is 12.5 Å². The van der Waals surface area contributed by atoms with Crippen molar-refractivity contribution in [1.29, 1.82) is 0 Å². The summed E-state index contributed by atoms with van der Waals surface area (Å²) >= 11 is 1.40. The number of oxazole rings is 1. The standard InChI is InChI=1S/C8H11NO3S/c1-6(7(10)11-2)5-13-8-9-3-4-12-8/h3-4,6H,5H2,1-2H3. The Hall–Kier alpha value is -0.970. The fourth-order valence-corrected chi connectivity index (χ4v) is 1.53. The fraction of sp³-hybridized carbons (Fsp3) is 0.500. The molecule has 1 rings (SSSR count). The molecule has 13 heavy (non-hydrogen) atoms. The lowest BCUT2D eigenvalue weighted by Crippen LogP contribution is -2.14. The first-order valence-corrected chi connectivity index (χ1v) is 4.82. The van der Waals surface area contributed by atoms with E-state index in [1.54, 1.807) is 6.20 Å². The molecule has 0 saturated carbocycles. The van der Waals surface area contributed by atoms with E-state index in [9.17, 15) is 4.79 Å². The quantitative estimate of drug-likeness (QED) is 0.546. The molecular formula is C8H11NO3S. The Morgan fingerprint density at radius 3 is 3.15 bits per heavy atom. The van der Waals surface area contributed by atoms with Crippen molar-refractivity contribution in [2.24, 2.45) is 5.92 Å². The minimum atomic E-state index is -0.209. The Kier molecular flexibility index (Phi) is 3.82. The van der Waals surface area contributed by atoms with Crippen LogP contribution in [0.4, 0.5) is 0 Å². The number of thioether (sulfide) groups is 1. The molecule has 1 atom stereocenters. The van der Waals surface area contributed by atoms with E-state index in [1.807, 2.05) is 6.92 Å². The largest absolute Gasteiger partial charge is 0.469 e. The molecule has 0 fully saturated rings. The average Bonchev–Trinajstić information content (AvgIpc) is 2.65. The maximum absolute atomic E-state index is 11.0. The van der Waals surface area contributed by atoms with Crippen LogP contribution in [-0.2, 0) is 9.53 Å². The van der Waals surface area contributed by atoms with Crippen molar-refractivity contribution >= 4 is 17.7 Å². The van der Waals surface area contributed by atoms with E-state index in [4.69, 9.17) is 4.42 Å². The summed E-state index contributed by atoms with van der Waals surface area (Å²) in [7, 11) is 1.38. The summed E-state index contributed by atoms with van der Waals surface area (Å²) in [5.74, 6) is 0.272. The van der Waals surface area contributed by atoms with Crippen LogP contribution in [0.3, 0.4) is 0 Å². The summed E-state index contributed by atoms with van der Waals surface area (Å²) in [4.78, 5) is 14.9. The second-order valence-corrected chi connectivity index (χ2v) is 3.50. The maximum Gasteiger partial charge on any atom is 0.309 e. The smallest absolute Gasteiger partial charge is 0.309 e. The van der Waals surface area contributed by atoms with Gasteiger partial charge in [0.15, 0.2) is 0 Å². The zero-order valence-corrected chi connectivity index (χ0v) is 8.34. The molecule has 0 aliphatic rings. The molecule has 4 nitrogen and oxygen atoms in total. The molecule has 0 radical (unpaired) electrons. The minimum absolute atomic E-state index is 0.137. The number of nitrogens with zero attached hydrogens (tertiary/aromatic N) is 1. The summed E-state index contributed by atoms with van der Waals surface area (Å²) in [6.45, 7) is 1.81. The van der Waals surface area contributed by atoms with Crippen LogP contribution in [-0.4, -0.2) is 23.8 Å². The van der Waals surface area contributed by atoms with Gasteiger partial charge in [0.25, 0.3) is 5.22 Å². The Bertz CT molecular complexity index is 260. The molecule has 1 aromatic heterocycles. The first-order valence-electron chi connectivity index (χ1n) is 3.84. The molecule has 0 aliphatic carbocycles. The summed E-state index contributed by atoms with van der Waals surface area (Å²) < 4.78 is 9.58. The van der Waals surface area contributed by atoms with Gasteiger partial charge in [0.2, 0.25) is 0 Å². The van der Waals surface area contributed by atoms with Crippen molar-refractivity contribution < 1.29 is 13.9 Å². The lowest BCUT2D eigenvalue weighted by Gasteiger charge is -2.05. The van der Waals surface area contributed by atoms with Gasteiger partial charge in [0.1, 0.15) is 6.26 Å². The maximum atomic E-state index is 11.0. The Balaban J connectivity index is 2.30. The summed E-state index contributed by atoms with van der Waals surface area (Å²) in [6.07, 6.45) is 3.08. The minimum Gasteiger partial charge on any atom is -0.469 e. The van der Waals surface area contributed by atoms with Crippen molar-refractivity contribution in [2.45, 2.75) is 12.1 Å². The fourth-order valence-electron chi connectivity index (χ4n) is 0.747. The van der Waals surface area contributed by atoms with Crippen LogP contribution in [0, 0.1) is 5.92 Å². The second-order valence-electron chi connectivity index (χ2n) is 2.53. The van der Waals surface area contributed by atoms with Gasteiger partial charge in [0.05, 0.1) is 19.2 Å². The molecule has 0 saturated heterocycles. The Labute approximate surface area is 80.7 Å². The van der Waals surface area contributed by atoms with Gasteiger partial charge in [-0.1, -0.05) is 18.7 Å². The number of hydrogen-bond donors (Lipinski definition) is 0. The molecule has 1 unspecified atom stereocenters. The predicted molar refractivity (Wildman–Crippen MR) is 48.4 cm³/mol. The Morgan fingerprint density at radius 2 is 2.62 bits per heavy atom. The van der Waals surface area contributed by atoms with Gasteiger partial charge in [0, 0.05) is 5.75 Å². The van der Waals surface area contributed by atoms with Gasteiger partial charge < -0.3 is 9.15 Å². The number of hydrogen-bond acceptors (Lipinski definition) is 5. The normalized spacial score (nSPS) is 12.5. The van der Waals surface area contributed by atoms with Gasteiger partial charge in [-0.2, -0.15) is 0 Å². The van der Waals surface area contributed by atoms with Crippen molar-refractivity contribution in [3.63, 3.8) is 0 Å². The van der Waals surface area contributed by atoms with Crippen LogP contribution < -0.4 is 0 Å². The molecule has 0 spiro atoms. The topological polar surface area (TPSA) is 52.3 Å². The number of carbonyl (C=O) groups excluding carboxylic acids is 1. The highest BCUT2D eigenvalue weighted by atomic mass is 32.2. The molecule has 0 aliphatic heterocycles. The van der Waals surface area contributed by atoms with Crippen LogP contribution in [0.5, 0.6) is 0 Å². The van der Waals surface area contributed by atoms with E-state index in [1.165, 1.54) is 25.1 Å². The van der Waals surface area contributed by atoms with E-state index >= 15 is 0 Å². The summed E-state index contributed by atoms with van der Waals surface area (Å²) in [5, 5.41) is 0.579. The molecule has 0 N–H and O–H groups in total. The van der Waals surface area contributed by atoms with Crippen LogP contribution in [0.15, 0.2) is 22.1 Å². The molecule has 0 aromatic carbocycles. The van der Waals surface area contributed by atoms with Crippen molar-refractivity contribution in [2.75, 3.05) is 12.9 Å². The third-order valence-electron chi connectivity index (χ3n) is 1.47. The zero-order valence-electron chi connectivity index (χ0n) is 7.52. The first-order chi connectivity index (χ1) is 6.24. The molecule has 1 aromatic rings. The van der Waals surface area contributed by atoms with Gasteiger partial charge in [-0.3, -0.25) is 4.79 Å². The number of rotatable bonds is 4. The van der Waals surface area contributed by atoms with E-state index in [0.29, 0.717) is 11.0 Å². The average molecular weight is 201 g/mol. The molecule has 5 heteroatoms. The number of ether oxygens (including phenoxy) is 1. The highest BCUT2D eigenvalue weighted by Crippen LogP contribution is 2.18. The molecular weight excluding hydrogens is 190 g/mol. The van der Waals surface area contributed by atoms with Gasteiger partial charge in [-0.25, -0.2) is 4.98 Å². The molecule has 0 amide bonds. The number of aromatic nitrogens is 1. The third kappa shape index (κ3) is 3.10. The van der Waals surface area contributed by atoms with E-state index in [2.05, 4.69) is 9.72 Å². The number of carbonyl (C=O) groups is 1. The SMILES string of the molecule is COC(=O)C(C)CSc1ncco1. The van der Waals surface area contributed by atoms with Crippen molar-refractivity contribution in [3.8, 4) is 0 Å². The lowest BCUT2D eigenvalue weighted by atomic mass is 10.2. The highest BCUT2D eigenvalue weighted by molar-refractivity contribution is 7.99. The molecule has 0 bridgehead atoms. The molecule has 1 heterocycles. The number of esters is 1. The van der Waals surface area contributed by atoms with E-state index in [-0.39, 0.29) is 11.9 Å². The van der Waals surface area contributed by atoms with Crippen LogP contribution in [0.1, 0.15) is 6.92 Å². The van der Waals surface area contributed by atoms with Gasteiger partial charge in [-0.15, -0.1) is 0 Å². The van der Waals surface area contributed by atoms with Gasteiger partial charge in [-0.05, 0) is 0 Å². The Morgan fingerprint density at radius 1 is 1.85 bits per heavy atom. The predicted octanol–water partition coefficient (Wildman–Crippen LogP) is 1.58. The first kappa shape index (κ1) is 10.1. The van der Waals surface area contributed by atoms with Crippen LogP contribution >= 0.6 is 11.8 Å². The molecule has 72 valence electrons. The van der Waals surface area contributed by atoms with E-state index < -0.39 is 0 Å². The van der Waals surface area contributed by atoms with E-state index in [0.717, 1.165) is 0 Å². The van der Waals surface area contributed by atoms with Crippen LogP contribution in [0.2, 0.25) is 0 Å². The number of methoxy groups -OCH3 is 1. The zero-order chi connectivity index (χ0) is 9.68. The van der Waals surface area contributed by atoms with Crippen LogP contribution in [0.25, 0.3) is 0 Å². The summed E-state index contributed by atoms with van der Waals surface area (Å²) in [5.41, 5.74) is 0. The monoisotopic (exact) mass is 201 g/mol. The third-order valence-corrected chi connectivity index (χ3v) is 2.59.